The number of halogens is 1. The molecule has 0 aliphatic rings. The van der Waals surface area contributed by atoms with Gasteiger partial charge in [0.25, 0.3) is 0 Å². The van der Waals surface area contributed by atoms with Crippen LogP contribution in [0.25, 0.3) is 0 Å². The number of benzene rings is 1. The molecule has 14 heavy (non-hydrogen) atoms. The van der Waals surface area contributed by atoms with E-state index in [0.717, 1.165) is 0 Å². The van der Waals surface area contributed by atoms with E-state index in [1.807, 2.05) is 6.92 Å². The molecule has 0 spiro atoms. The second-order valence-electron chi connectivity index (χ2n) is 2.68. The minimum Gasteiger partial charge on any atom is -0.464 e. The molecular weight excluding hydrogens is 187 g/mol. The highest BCUT2D eigenvalue weighted by atomic mass is 19.1. The SMILES string of the molecule is CCOCOc1ccc(CO)cc1F. The third-order valence-corrected chi connectivity index (χ3v) is 1.68. The largest absolute Gasteiger partial charge is 0.464 e. The van der Waals surface area contributed by atoms with Gasteiger partial charge in [-0.3, -0.25) is 0 Å². The molecule has 0 heterocycles. The molecule has 0 radical (unpaired) electrons. The van der Waals surface area contributed by atoms with E-state index < -0.39 is 5.82 Å². The monoisotopic (exact) mass is 200 g/mol. The molecule has 0 atom stereocenters. The van der Waals surface area contributed by atoms with Gasteiger partial charge in [0, 0.05) is 6.61 Å². The number of aliphatic hydroxyl groups excluding tert-OH is 1. The van der Waals surface area contributed by atoms with Crippen LogP contribution < -0.4 is 4.74 Å². The predicted octanol–water partition coefficient (Wildman–Crippen LogP) is 1.69. The lowest BCUT2D eigenvalue weighted by Gasteiger charge is -2.07. The molecule has 0 fully saturated rings. The number of aliphatic hydroxyl groups is 1. The van der Waals surface area contributed by atoms with Crippen LogP contribution in [0.3, 0.4) is 0 Å². The second kappa shape index (κ2) is 5.57. The van der Waals surface area contributed by atoms with Crippen molar-refractivity contribution in [2.45, 2.75) is 13.5 Å². The lowest BCUT2D eigenvalue weighted by atomic mass is 10.2. The highest BCUT2D eigenvalue weighted by molar-refractivity contribution is 5.28. The summed E-state index contributed by atoms with van der Waals surface area (Å²) in [6.45, 7) is 2.21. The maximum absolute atomic E-state index is 13.2. The first-order chi connectivity index (χ1) is 6.77. The Morgan fingerprint density at radius 2 is 2.21 bits per heavy atom. The van der Waals surface area contributed by atoms with Crippen molar-refractivity contribution in [1.29, 1.82) is 0 Å². The average Bonchev–Trinajstić information content (AvgIpc) is 2.20. The first-order valence-corrected chi connectivity index (χ1v) is 4.37. The molecule has 0 amide bonds. The van der Waals surface area contributed by atoms with E-state index in [1.165, 1.54) is 12.1 Å². The van der Waals surface area contributed by atoms with Gasteiger partial charge in [0.05, 0.1) is 6.61 Å². The van der Waals surface area contributed by atoms with Crippen molar-refractivity contribution in [1.82, 2.24) is 0 Å². The van der Waals surface area contributed by atoms with E-state index in [-0.39, 0.29) is 19.1 Å². The predicted molar refractivity (Wildman–Crippen MR) is 49.4 cm³/mol. The second-order valence-corrected chi connectivity index (χ2v) is 2.68. The van der Waals surface area contributed by atoms with E-state index >= 15 is 0 Å². The fraction of sp³-hybridized carbons (Fsp3) is 0.400. The van der Waals surface area contributed by atoms with Crippen LogP contribution in [0.15, 0.2) is 18.2 Å². The van der Waals surface area contributed by atoms with Crippen LogP contribution in [0.5, 0.6) is 5.75 Å². The Morgan fingerprint density at radius 1 is 1.43 bits per heavy atom. The summed E-state index contributed by atoms with van der Waals surface area (Å²) in [7, 11) is 0. The molecular formula is C10H13FO3. The zero-order valence-electron chi connectivity index (χ0n) is 8.00. The van der Waals surface area contributed by atoms with Crippen LogP contribution >= 0.6 is 0 Å². The zero-order chi connectivity index (χ0) is 10.4. The van der Waals surface area contributed by atoms with Crippen molar-refractivity contribution in [3.05, 3.63) is 29.6 Å². The minimum absolute atomic E-state index is 0.0336. The van der Waals surface area contributed by atoms with Gasteiger partial charge in [-0.05, 0) is 24.6 Å². The molecule has 3 nitrogen and oxygen atoms in total. The zero-order valence-corrected chi connectivity index (χ0v) is 8.00. The Morgan fingerprint density at radius 3 is 2.79 bits per heavy atom. The highest BCUT2D eigenvalue weighted by Crippen LogP contribution is 2.18. The van der Waals surface area contributed by atoms with Crippen LogP contribution in [0.1, 0.15) is 12.5 Å². The molecule has 1 N–H and O–H groups in total. The van der Waals surface area contributed by atoms with Gasteiger partial charge in [-0.2, -0.15) is 0 Å². The van der Waals surface area contributed by atoms with E-state index in [0.29, 0.717) is 12.2 Å². The number of rotatable bonds is 5. The third-order valence-electron chi connectivity index (χ3n) is 1.68. The summed E-state index contributed by atoms with van der Waals surface area (Å²) in [4.78, 5) is 0. The van der Waals surface area contributed by atoms with Crippen LogP contribution in [0.2, 0.25) is 0 Å². The van der Waals surface area contributed by atoms with Gasteiger partial charge in [0.15, 0.2) is 18.4 Å². The third kappa shape index (κ3) is 2.97. The van der Waals surface area contributed by atoms with Crippen molar-refractivity contribution in [2.24, 2.45) is 0 Å². The minimum atomic E-state index is -0.490. The molecule has 1 aromatic rings. The Bertz CT molecular complexity index is 289. The van der Waals surface area contributed by atoms with Crippen molar-refractivity contribution in [3.63, 3.8) is 0 Å². The van der Waals surface area contributed by atoms with Gasteiger partial charge in [-0.15, -0.1) is 0 Å². The Hall–Kier alpha value is -1.13. The molecule has 1 rings (SSSR count). The molecule has 78 valence electrons. The Kier molecular flexibility index (Phi) is 4.35. The summed E-state index contributed by atoms with van der Waals surface area (Å²) in [6, 6.07) is 4.31. The van der Waals surface area contributed by atoms with E-state index in [2.05, 4.69) is 0 Å². The van der Waals surface area contributed by atoms with E-state index in [4.69, 9.17) is 14.6 Å². The first-order valence-electron chi connectivity index (χ1n) is 4.37. The molecule has 0 aliphatic heterocycles. The number of hydrogen-bond acceptors (Lipinski definition) is 3. The molecule has 4 heteroatoms. The summed E-state index contributed by atoms with van der Waals surface area (Å²) in [5.41, 5.74) is 0.520. The lowest BCUT2D eigenvalue weighted by Crippen LogP contribution is -2.03. The molecule has 0 saturated heterocycles. The van der Waals surface area contributed by atoms with Gasteiger partial charge in [0.1, 0.15) is 0 Å². The van der Waals surface area contributed by atoms with Gasteiger partial charge < -0.3 is 14.6 Å². The van der Waals surface area contributed by atoms with Gasteiger partial charge in [-0.1, -0.05) is 6.07 Å². The molecule has 1 aromatic carbocycles. The number of ether oxygens (including phenoxy) is 2. The Labute approximate surface area is 82.1 Å². The van der Waals surface area contributed by atoms with E-state index in [9.17, 15) is 4.39 Å². The molecule has 0 aliphatic carbocycles. The molecule has 0 aromatic heterocycles. The number of hydrogen-bond donors (Lipinski definition) is 1. The van der Waals surface area contributed by atoms with Crippen molar-refractivity contribution >= 4 is 0 Å². The maximum Gasteiger partial charge on any atom is 0.189 e. The van der Waals surface area contributed by atoms with Gasteiger partial charge in [-0.25, -0.2) is 4.39 Å². The first kappa shape index (κ1) is 10.9. The van der Waals surface area contributed by atoms with Crippen LogP contribution in [0, 0.1) is 5.82 Å². The highest BCUT2D eigenvalue weighted by Gasteiger charge is 2.03. The van der Waals surface area contributed by atoms with Crippen LogP contribution in [-0.2, 0) is 11.3 Å². The molecule has 0 saturated carbocycles. The summed E-state index contributed by atoms with van der Waals surface area (Å²) in [5.74, 6) is -0.355. The maximum atomic E-state index is 13.2. The standard InChI is InChI=1S/C10H13FO3/c1-2-13-7-14-10-4-3-8(6-12)5-9(10)11/h3-5,12H,2,6-7H2,1H3. The fourth-order valence-electron chi connectivity index (χ4n) is 0.948. The Balaban J connectivity index is 2.59. The molecule has 0 bridgehead atoms. The van der Waals surface area contributed by atoms with E-state index in [1.54, 1.807) is 6.07 Å². The van der Waals surface area contributed by atoms with Crippen LogP contribution in [-0.4, -0.2) is 18.5 Å². The van der Waals surface area contributed by atoms with Crippen molar-refractivity contribution in [2.75, 3.05) is 13.4 Å². The summed E-state index contributed by atoms with van der Waals surface area (Å²) in [6.07, 6.45) is 0. The summed E-state index contributed by atoms with van der Waals surface area (Å²) >= 11 is 0. The van der Waals surface area contributed by atoms with Gasteiger partial charge in [0.2, 0.25) is 0 Å². The van der Waals surface area contributed by atoms with Crippen LogP contribution in [0.4, 0.5) is 4.39 Å². The molecule has 0 unspecified atom stereocenters. The average molecular weight is 200 g/mol. The smallest absolute Gasteiger partial charge is 0.189 e. The quantitative estimate of drug-likeness (QED) is 0.580. The normalized spacial score (nSPS) is 10.2. The lowest BCUT2D eigenvalue weighted by molar-refractivity contribution is 0.0201. The van der Waals surface area contributed by atoms with Gasteiger partial charge >= 0.3 is 0 Å². The summed E-state index contributed by atoms with van der Waals surface area (Å²) < 4.78 is 23.1. The van der Waals surface area contributed by atoms with Crippen molar-refractivity contribution in [3.8, 4) is 5.75 Å². The van der Waals surface area contributed by atoms with Crippen molar-refractivity contribution < 1.29 is 19.0 Å². The topological polar surface area (TPSA) is 38.7 Å². The fourth-order valence-corrected chi connectivity index (χ4v) is 0.948. The summed E-state index contributed by atoms with van der Waals surface area (Å²) in [5, 5.41) is 8.73.